The summed E-state index contributed by atoms with van der Waals surface area (Å²) in [5, 5.41) is 3.04. The lowest BCUT2D eigenvalue weighted by atomic mass is 10.2. The highest BCUT2D eigenvalue weighted by molar-refractivity contribution is 5.43. The zero-order chi connectivity index (χ0) is 10.4. The van der Waals surface area contributed by atoms with Gasteiger partial charge in [-0.3, -0.25) is 0 Å². The maximum Gasteiger partial charge on any atom is 0.160 e. The Hall–Kier alpha value is -1.12. The normalized spacial score (nSPS) is 10.2. The van der Waals surface area contributed by atoms with Crippen LogP contribution in [-0.2, 0) is 0 Å². The lowest BCUT2D eigenvalue weighted by Gasteiger charge is -2.05. The van der Waals surface area contributed by atoms with Crippen molar-refractivity contribution in [3.8, 4) is 0 Å². The SMILES string of the molecule is CCCCCNc1ccc(F)c(F)c1. The smallest absolute Gasteiger partial charge is 0.160 e. The zero-order valence-electron chi connectivity index (χ0n) is 8.32. The summed E-state index contributed by atoms with van der Waals surface area (Å²) in [6.45, 7) is 2.93. The molecule has 0 aliphatic carbocycles. The molecule has 14 heavy (non-hydrogen) atoms. The van der Waals surface area contributed by atoms with E-state index in [-0.39, 0.29) is 0 Å². The lowest BCUT2D eigenvalue weighted by molar-refractivity contribution is 0.509. The highest BCUT2D eigenvalue weighted by atomic mass is 19.2. The van der Waals surface area contributed by atoms with Gasteiger partial charge in [0.2, 0.25) is 0 Å². The fraction of sp³-hybridized carbons (Fsp3) is 0.455. The van der Waals surface area contributed by atoms with Crippen LogP contribution in [0.25, 0.3) is 0 Å². The van der Waals surface area contributed by atoms with Crippen LogP contribution >= 0.6 is 0 Å². The van der Waals surface area contributed by atoms with Gasteiger partial charge in [-0.2, -0.15) is 0 Å². The van der Waals surface area contributed by atoms with E-state index in [1.165, 1.54) is 6.07 Å². The van der Waals surface area contributed by atoms with E-state index < -0.39 is 11.6 Å². The molecule has 1 aromatic rings. The van der Waals surface area contributed by atoms with Crippen LogP contribution in [0.3, 0.4) is 0 Å². The van der Waals surface area contributed by atoms with Gasteiger partial charge in [0.1, 0.15) is 0 Å². The van der Waals surface area contributed by atoms with Crippen molar-refractivity contribution in [3.05, 3.63) is 29.8 Å². The van der Waals surface area contributed by atoms with Crippen LogP contribution in [0.15, 0.2) is 18.2 Å². The van der Waals surface area contributed by atoms with Crippen molar-refractivity contribution in [1.82, 2.24) is 0 Å². The van der Waals surface area contributed by atoms with Gasteiger partial charge in [0, 0.05) is 12.2 Å². The van der Waals surface area contributed by atoms with Gasteiger partial charge in [0.25, 0.3) is 0 Å². The molecule has 0 bridgehead atoms. The summed E-state index contributed by atoms with van der Waals surface area (Å²) in [6, 6.07) is 3.86. The first-order valence-electron chi connectivity index (χ1n) is 4.93. The minimum Gasteiger partial charge on any atom is -0.385 e. The fourth-order valence-corrected chi connectivity index (χ4v) is 1.21. The molecule has 0 saturated carbocycles. The van der Waals surface area contributed by atoms with Gasteiger partial charge in [0.15, 0.2) is 11.6 Å². The van der Waals surface area contributed by atoms with Gasteiger partial charge in [-0.1, -0.05) is 19.8 Å². The van der Waals surface area contributed by atoms with Crippen LogP contribution in [0.2, 0.25) is 0 Å². The van der Waals surface area contributed by atoms with Gasteiger partial charge in [0.05, 0.1) is 0 Å². The van der Waals surface area contributed by atoms with Crippen LogP contribution < -0.4 is 5.32 Å². The predicted octanol–water partition coefficient (Wildman–Crippen LogP) is 3.57. The average molecular weight is 199 g/mol. The molecule has 0 amide bonds. The van der Waals surface area contributed by atoms with Crippen molar-refractivity contribution < 1.29 is 8.78 Å². The van der Waals surface area contributed by atoms with Gasteiger partial charge in [-0.15, -0.1) is 0 Å². The Bertz CT molecular complexity index is 287. The second-order valence-electron chi connectivity index (χ2n) is 3.26. The van der Waals surface area contributed by atoms with Crippen molar-refractivity contribution in [2.75, 3.05) is 11.9 Å². The maximum atomic E-state index is 12.7. The molecule has 0 saturated heterocycles. The Labute approximate surface area is 83.1 Å². The van der Waals surface area contributed by atoms with Gasteiger partial charge < -0.3 is 5.32 Å². The first-order valence-corrected chi connectivity index (χ1v) is 4.93. The van der Waals surface area contributed by atoms with E-state index >= 15 is 0 Å². The first-order chi connectivity index (χ1) is 6.74. The highest BCUT2D eigenvalue weighted by Gasteiger charge is 2.01. The van der Waals surface area contributed by atoms with Gasteiger partial charge >= 0.3 is 0 Å². The fourth-order valence-electron chi connectivity index (χ4n) is 1.21. The summed E-state index contributed by atoms with van der Waals surface area (Å²) < 4.78 is 25.3. The molecule has 0 aliphatic heterocycles. The lowest BCUT2D eigenvalue weighted by Crippen LogP contribution is -2.01. The Morgan fingerprint density at radius 1 is 1.14 bits per heavy atom. The van der Waals surface area contributed by atoms with Crippen LogP contribution in [0.5, 0.6) is 0 Å². The Morgan fingerprint density at radius 3 is 2.57 bits per heavy atom. The third-order valence-electron chi connectivity index (χ3n) is 2.03. The summed E-state index contributed by atoms with van der Waals surface area (Å²) in [6.07, 6.45) is 3.35. The molecule has 0 fully saturated rings. The van der Waals surface area contributed by atoms with Crippen LogP contribution in [0.1, 0.15) is 26.2 Å². The number of hydrogen-bond donors (Lipinski definition) is 1. The molecule has 0 aromatic heterocycles. The average Bonchev–Trinajstić information content (AvgIpc) is 2.18. The van der Waals surface area contributed by atoms with E-state index in [0.29, 0.717) is 5.69 Å². The molecule has 0 unspecified atom stereocenters. The van der Waals surface area contributed by atoms with Crippen molar-refractivity contribution in [2.45, 2.75) is 26.2 Å². The molecule has 0 atom stereocenters. The Kier molecular flexibility index (Phi) is 4.36. The van der Waals surface area contributed by atoms with Crippen LogP contribution in [0, 0.1) is 11.6 Å². The van der Waals surface area contributed by atoms with Crippen molar-refractivity contribution in [1.29, 1.82) is 0 Å². The molecule has 1 N–H and O–H groups in total. The first kappa shape index (κ1) is 11.0. The van der Waals surface area contributed by atoms with Gasteiger partial charge in [-0.05, 0) is 24.6 Å². The zero-order valence-corrected chi connectivity index (χ0v) is 8.32. The van der Waals surface area contributed by atoms with Gasteiger partial charge in [-0.25, -0.2) is 8.78 Å². The predicted molar refractivity (Wildman–Crippen MR) is 54.4 cm³/mol. The minimum atomic E-state index is -0.802. The van der Waals surface area contributed by atoms with E-state index in [2.05, 4.69) is 12.2 Å². The molecule has 0 radical (unpaired) electrons. The standard InChI is InChI=1S/C11H15F2N/c1-2-3-4-7-14-9-5-6-10(12)11(13)8-9/h5-6,8,14H,2-4,7H2,1H3. The monoisotopic (exact) mass is 199 g/mol. The number of hydrogen-bond acceptors (Lipinski definition) is 1. The summed E-state index contributed by atoms with van der Waals surface area (Å²) in [4.78, 5) is 0. The quantitative estimate of drug-likeness (QED) is 0.715. The molecular weight excluding hydrogens is 184 g/mol. The van der Waals surface area contributed by atoms with E-state index in [1.807, 2.05) is 0 Å². The molecule has 0 heterocycles. The summed E-state index contributed by atoms with van der Waals surface area (Å²) in [7, 11) is 0. The van der Waals surface area contributed by atoms with Crippen molar-refractivity contribution in [3.63, 3.8) is 0 Å². The molecule has 1 rings (SSSR count). The number of rotatable bonds is 5. The number of unbranched alkanes of at least 4 members (excludes halogenated alkanes) is 2. The Morgan fingerprint density at radius 2 is 1.93 bits per heavy atom. The molecular formula is C11H15F2N. The second kappa shape index (κ2) is 5.58. The van der Waals surface area contributed by atoms with Crippen LogP contribution in [0.4, 0.5) is 14.5 Å². The maximum absolute atomic E-state index is 12.7. The number of halogens is 2. The summed E-state index contributed by atoms with van der Waals surface area (Å²) in [5.74, 6) is -1.60. The van der Waals surface area contributed by atoms with Crippen LogP contribution in [-0.4, -0.2) is 6.54 Å². The number of benzene rings is 1. The molecule has 78 valence electrons. The largest absolute Gasteiger partial charge is 0.385 e. The molecule has 1 aromatic carbocycles. The minimum absolute atomic E-state index is 0.639. The van der Waals surface area contributed by atoms with E-state index in [4.69, 9.17) is 0 Å². The third-order valence-corrected chi connectivity index (χ3v) is 2.03. The molecule has 3 heteroatoms. The van der Waals surface area contributed by atoms with E-state index in [9.17, 15) is 8.78 Å². The highest BCUT2D eigenvalue weighted by Crippen LogP contribution is 2.13. The molecule has 0 spiro atoms. The second-order valence-corrected chi connectivity index (χ2v) is 3.26. The molecule has 1 nitrogen and oxygen atoms in total. The third kappa shape index (κ3) is 3.32. The number of nitrogens with one attached hydrogen (secondary N) is 1. The van der Waals surface area contributed by atoms with Crippen molar-refractivity contribution in [2.24, 2.45) is 0 Å². The van der Waals surface area contributed by atoms with E-state index in [1.54, 1.807) is 6.07 Å². The topological polar surface area (TPSA) is 12.0 Å². The summed E-state index contributed by atoms with van der Waals surface area (Å²) >= 11 is 0. The molecule has 0 aliphatic rings. The number of anilines is 1. The summed E-state index contributed by atoms with van der Waals surface area (Å²) in [5.41, 5.74) is 0.639. The van der Waals surface area contributed by atoms with E-state index in [0.717, 1.165) is 31.9 Å². The Balaban J connectivity index is 2.39. The van der Waals surface area contributed by atoms with Crippen molar-refractivity contribution >= 4 is 5.69 Å².